The fourth-order valence-electron chi connectivity index (χ4n) is 2.49. The first-order valence-electron chi connectivity index (χ1n) is 7.09. The number of para-hydroxylation sites is 1. The molecule has 0 bridgehead atoms. The van der Waals surface area contributed by atoms with E-state index < -0.39 is 0 Å². The van der Waals surface area contributed by atoms with Gasteiger partial charge >= 0.3 is 0 Å². The summed E-state index contributed by atoms with van der Waals surface area (Å²) in [5.41, 5.74) is 9.54. The SMILES string of the molecule is NCC(Nc1ccccc1Cl)c1cccc(C2CC2)c1. The monoisotopic (exact) mass is 286 g/mol. The second kappa shape index (κ2) is 5.86. The highest BCUT2D eigenvalue weighted by Crippen LogP contribution is 2.40. The summed E-state index contributed by atoms with van der Waals surface area (Å²) in [6.45, 7) is 0.541. The largest absolute Gasteiger partial charge is 0.376 e. The molecule has 104 valence electrons. The molecule has 20 heavy (non-hydrogen) atoms. The number of nitrogens with two attached hydrogens (primary N) is 1. The van der Waals surface area contributed by atoms with E-state index in [1.807, 2.05) is 24.3 Å². The number of hydrogen-bond acceptors (Lipinski definition) is 2. The van der Waals surface area contributed by atoms with Crippen LogP contribution >= 0.6 is 11.6 Å². The Labute approximate surface area is 125 Å². The van der Waals surface area contributed by atoms with Crippen LogP contribution in [0.4, 0.5) is 5.69 Å². The normalized spacial score (nSPS) is 15.9. The van der Waals surface area contributed by atoms with Gasteiger partial charge in [-0.2, -0.15) is 0 Å². The van der Waals surface area contributed by atoms with Gasteiger partial charge in [-0.05, 0) is 42.0 Å². The molecule has 0 radical (unpaired) electrons. The Balaban J connectivity index is 1.82. The van der Waals surface area contributed by atoms with Gasteiger partial charge in [0.05, 0.1) is 16.8 Å². The average molecular weight is 287 g/mol. The molecule has 1 atom stereocenters. The zero-order chi connectivity index (χ0) is 13.9. The molecule has 1 aliphatic carbocycles. The number of hydrogen-bond donors (Lipinski definition) is 2. The summed E-state index contributed by atoms with van der Waals surface area (Å²) in [4.78, 5) is 0. The lowest BCUT2D eigenvalue weighted by molar-refractivity contribution is 0.788. The average Bonchev–Trinajstić information content (AvgIpc) is 3.31. The van der Waals surface area contributed by atoms with Gasteiger partial charge in [0.1, 0.15) is 0 Å². The summed E-state index contributed by atoms with van der Waals surface area (Å²) in [5, 5.41) is 4.17. The molecule has 1 fully saturated rings. The van der Waals surface area contributed by atoms with Gasteiger partial charge in [0.2, 0.25) is 0 Å². The molecule has 0 amide bonds. The summed E-state index contributed by atoms with van der Waals surface area (Å²) in [6, 6.07) is 16.6. The summed E-state index contributed by atoms with van der Waals surface area (Å²) in [6.07, 6.45) is 2.63. The van der Waals surface area contributed by atoms with Crippen LogP contribution in [-0.4, -0.2) is 6.54 Å². The standard InChI is InChI=1S/C17H19ClN2/c18-15-6-1-2-7-16(15)20-17(11-19)14-5-3-4-13(10-14)12-8-9-12/h1-7,10,12,17,20H,8-9,11,19H2. The van der Waals surface area contributed by atoms with E-state index in [0.29, 0.717) is 6.54 Å². The molecule has 2 nitrogen and oxygen atoms in total. The van der Waals surface area contributed by atoms with Crippen molar-refractivity contribution in [2.45, 2.75) is 24.8 Å². The molecule has 0 heterocycles. The van der Waals surface area contributed by atoms with E-state index in [1.54, 1.807) is 0 Å². The third-order valence-electron chi connectivity index (χ3n) is 3.80. The van der Waals surface area contributed by atoms with Crippen molar-refractivity contribution in [3.8, 4) is 0 Å². The molecule has 1 aliphatic rings. The van der Waals surface area contributed by atoms with E-state index in [1.165, 1.54) is 24.0 Å². The maximum atomic E-state index is 6.20. The molecule has 1 unspecified atom stereocenters. The Kier molecular flexibility index (Phi) is 3.95. The smallest absolute Gasteiger partial charge is 0.0637 e. The van der Waals surface area contributed by atoms with E-state index in [2.05, 4.69) is 29.6 Å². The summed E-state index contributed by atoms with van der Waals surface area (Å²) < 4.78 is 0. The van der Waals surface area contributed by atoms with Crippen LogP contribution in [-0.2, 0) is 0 Å². The van der Waals surface area contributed by atoms with Gasteiger partial charge in [-0.25, -0.2) is 0 Å². The van der Waals surface area contributed by atoms with Crippen molar-refractivity contribution >= 4 is 17.3 Å². The highest BCUT2D eigenvalue weighted by atomic mass is 35.5. The highest BCUT2D eigenvalue weighted by Gasteiger charge is 2.24. The topological polar surface area (TPSA) is 38.0 Å². The predicted molar refractivity (Wildman–Crippen MR) is 85.3 cm³/mol. The molecule has 1 saturated carbocycles. The predicted octanol–water partition coefficient (Wildman–Crippen LogP) is 4.33. The fourth-order valence-corrected chi connectivity index (χ4v) is 2.68. The second-order valence-corrected chi connectivity index (χ2v) is 5.76. The number of halogens is 1. The minimum Gasteiger partial charge on any atom is -0.376 e. The number of nitrogens with one attached hydrogen (secondary N) is 1. The molecule has 0 spiro atoms. The molecule has 3 heteroatoms. The quantitative estimate of drug-likeness (QED) is 0.858. The third kappa shape index (κ3) is 2.97. The van der Waals surface area contributed by atoms with Crippen LogP contribution < -0.4 is 11.1 Å². The van der Waals surface area contributed by atoms with E-state index in [4.69, 9.17) is 17.3 Å². The van der Waals surface area contributed by atoms with Crippen molar-refractivity contribution in [3.05, 3.63) is 64.7 Å². The third-order valence-corrected chi connectivity index (χ3v) is 4.13. The van der Waals surface area contributed by atoms with E-state index in [9.17, 15) is 0 Å². The number of benzene rings is 2. The van der Waals surface area contributed by atoms with Crippen molar-refractivity contribution in [2.75, 3.05) is 11.9 Å². The van der Waals surface area contributed by atoms with E-state index >= 15 is 0 Å². The van der Waals surface area contributed by atoms with Crippen LogP contribution in [0.25, 0.3) is 0 Å². The van der Waals surface area contributed by atoms with Gasteiger partial charge in [0.15, 0.2) is 0 Å². The Bertz CT molecular complexity index is 593. The molecule has 3 rings (SSSR count). The first-order valence-corrected chi connectivity index (χ1v) is 7.46. The van der Waals surface area contributed by atoms with Crippen molar-refractivity contribution in [1.29, 1.82) is 0 Å². The molecule has 0 aliphatic heterocycles. The molecule has 0 aromatic heterocycles. The van der Waals surface area contributed by atoms with Gasteiger partial charge in [-0.15, -0.1) is 0 Å². The zero-order valence-corrected chi connectivity index (χ0v) is 12.1. The van der Waals surface area contributed by atoms with Crippen molar-refractivity contribution in [1.82, 2.24) is 0 Å². The summed E-state index contributed by atoms with van der Waals surface area (Å²) >= 11 is 6.20. The minimum absolute atomic E-state index is 0.0913. The van der Waals surface area contributed by atoms with Crippen LogP contribution in [0.5, 0.6) is 0 Å². The lowest BCUT2D eigenvalue weighted by Crippen LogP contribution is -2.20. The Morgan fingerprint density at radius 3 is 2.65 bits per heavy atom. The summed E-state index contributed by atoms with van der Waals surface area (Å²) in [5.74, 6) is 0.758. The van der Waals surface area contributed by atoms with Gasteiger partial charge in [0.25, 0.3) is 0 Å². The van der Waals surface area contributed by atoms with E-state index in [0.717, 1.165) is 16.6 Å². The molecular formula is C17H19ClN2. The maximum Gasteiger partial charge on any atom is 0.0637 e. The molecule has 3 N–H and O–H groups in total. The van der Waals surface area contributed by atoms with Gasteiger partial charge in [0, 0.05) is 6.54 Å². The first kappa shape index (κ1) is 13.5. The number of rotatable bonds is 5. The molecule has 2 aromatic carbocycles. The first-order chi connectivity index (χ1) is 9.78. The van der Waals surface area contributed by atoms with Gasteiger partial charge in [-0.3, -0.25) is 0 Å². The lowest BCUT2D eigenvalue weighted by Gasteiger charge is -2.20. The van der Waals surface area contributed by atoms with Crippen LogP contribution in [0.1, 0.15) is 35.9 Å². The molecular weight excluding hydrogens is 268 g/mol. The van der Waals surface area contributed by atoms with Crippen LogP contribution in [0.15, 0.2) is 48.5 Å². The van der Waals surface area contributed by atoms with Crippen LogP contribution in [0.2, 0.25) is 5.02 Å². The maximum absolute atomic E-state index is 6.20. The molecule has 0 saturated heterocycles. The molecule has 2 aromatic rings. The Hall–Kier alpha value is -1.51. The minimum atomic E-state index is 0.0913. The van der Waals surface area contributed by atoms with Crippen molar-refractivity contribution in [2.24, 2.45) is 5.73 Å². The van der Waals surface area contributed by atoms with Crippen molar-refractivity contribution < 1.29 is 0 Å². The second-order valence-electron chi connectivity index (χ2n) is 5.36. The Morgan fingerprint density at radius 1 is 1.15 bits per heavy atom. The fraction of sp³-hybridized carbons (Fsp3) is 0.294. The van der Waals surface area contributed by atoms with Crippen LogP contribution in [0.3, 0.4) is 0 Å². The summed E-state index contributed by atoms with van der Waals surface area (Å²) in [7, 11) is 0. The van der Waals surface area contributed by atoms with E-state index in [-0.39, 0.29) is 6.04 Å². The van der Waals surface area contributed by atoms with Crippen molar-refractivity contribution in [3.63, 3.8) is 0 Å². The zero-order valence-electron chi connectivity index (χ0n) is 11.4. The number of anilines is 1. The van der Waals surface area contributed by atoms with Gasteiger partial charge in [-0.1, -0.05) is 48.0 Å². The lowest BCUT2D eigenvalue weighted by atomic mass is 10.0. The van der Waals surface area contributed by atoms with Gasteiger partial charge < -0.3 is 11.1 Å². The van der Waals surface area contributed by atoms with Crippen LogP contribution in [0, 0.1) is 0 Å². The highest BCUT2D eigenvalue weighted by molar-refractivity contribution is 6.33. The Morgan fingerprint density at radius 2 is 1.95 bits per heavy atom.